The van der Waals surface area contributed by atoms with Crippen molar-refractivity contribution in [3.05, 3.63) is 52.9 Å². The van der Waals surface area contributed by atoms with Crippen LogP contribution in [0.5, 0.6) is 0 Å². The van der Waals surface area contributed by atoms with E-state index in [-0.39, 0.29) is 0 Å². The fraction of sp³-hybridized carbons (Fsp3) is 0.444. The lowest BCUT2D eigenvalue weighted by Crippen LogP contribution is -2.34. The number of piperidine rings is 1. The van der Waals surface area contributed by atoms with Crippen molar-refractivity contribution < 1.29 is 9.52 Å². The van der Waals surface area contributed by atoms with E-state index in [1.54, 1.807) is 6.07 Å². The van der Waals surface area contributed by atoms with Gasteiger partial charge in [0, 0.05) is 18.8 Å². The monoisotopic (exact) mass is 334 g/mol. The number of furan rings is 1. The van der Waals surface area contributed by atoms with E-state index < -0.39 is 0 Å². The molecule has 0 aliphatic carbocycles. The Labute approximate surface area is 142 Å². The van der Waals surface area contributed by atoms with Crippen molar-refractivity contribution in [3.8, 4) is 0 Å². The highest BCUT2D eigenvalue weighted by atomic mass is 35.5. The molecule has 1 aliphatic heterocycles. The zero-order valence-electron chi connectivity index (χ0n) is 13.2. The molecule has 1 fully saturated rings. The third-order valence-corrected chi connectivity index (χ3v) is 4.60. The van der Waals surface area contributed by atoms with Crippen LogP contribution in [0.15, 0.2) is 40.8 Å². The molecule has 2 heterocycles. The minimum Gasteiger partial charge on any atom is -0.448 e. The smallest absolute Gasteiger partial charge is 0.193 e. The second-order valence-electron chi connectivity index (χ2n) is 6.16. The lowest BCUT2D eigenvalue weighted by molar-refractivity contribution is 0.127. The van der Waals surface area contributed by atoms with Crippen molar-refractivity contribution in [1.82, 2.24) is 4.90 Å². The van der Waals surface area contributed by atoms with Crippen molar-refractivity contribution in [3.63, 3.8) is 0 Å². The summed E-state index contributed by atoms with van der Waals surface area (Å²) in [6.07, 6.45) is 2.18. The van der Waals surface area contributed by atoms with Crippen molar-refractivity contribution in [1.29, 1.82) is 0 Å². The molecule has 1 aliphatic rings. The molecule has 1 saturated heterocycles. The maximum absolute atomic E-state index is 9.22. The number of halogens is 1. The van der Waals surface area contributed by atoms with Gasteiger partial charge >= 0.3 is 0 Å². The predicted molar refractivity (Wildman–Crippen MR) is 92.6 cm³/mol. The Morgan fingerprint density at radius 3 is 2.74 bits per heavy atom. The summed E-state index contributed by atoms with van der Waals surface area (Å²) < 4.78 is 5.35. The largest absolute Gasteiger partial charge is 0.448 e. The second-order valence-corrected chi connectivity index (χ2v) is 6.53. The molecule has 0 spiro atoms. The molecule has 1 aromatic carbocycles. The van der Waals surface area contributed by atoms with Crippen LogP contribution in [0.2, 0.25) is 5.22 Å². The summed E-state index contributed by atoms with van der Waals surface area (Å²) in [5, 5.41) is 13.0. The molecule has 2 N–H and O–H groups in total. The zero-order valence-corrected chi connectivity index (χ0v) is 13.9. The Morgan fingerprint density at radius 1 is 1.22 bits per heavy atom. The Bertz CT molecular complexity index is 621. The number of anilines is 1. The van der Waals surface area contributed by atoms with Gasteiger partial charge in [-0.25, -0.2) is 0 Å². The van der Waals surface area contributed by atoms with Gasteiger partial charge in [0.15, 0.2) is 5.22 Å². The lowest BCUT2D eigenvalue weighted by Gasteiger charge is -2.31. The summed E-state index contributed by atoms with van der Waals surface area (Å²) in [7, 11) is 0. The average molecular weight is 335 g/mol. The molecule has 3 rings (SSSR count). The van der Waals surface area contributed by atoms with Crippen molar-refractivity contribution >= 4 is 17.3 Å². The molecule has 1 aromatic heterocycles. The number of nitrogens with zero attached hydrogens (tertiary/aromatic N) is 1. The van der Waals surface area contributed by atoms with Gasteiger partial charge in [-0.2, -0.15) is 0 Å². The van der Waals surface area contributed by atoms with Crippen LogP contribution in [-0.4, -0.2) is 29.7 Å². The molecule has 0 bridgehead atoms. The summed E-state index contributed by atoms with van der Waals surface area (Å²) in [4.78, 5) is 2.46. The Kier molecular flexibility index (Phi) is 5.60. The predicted octanol–water partition coefficient (Wildman–Crippen LogP) is 3.75. The number of likely N-dealkylation sites (tertiary alicyclic amines) is 1. The van der Waals surface area contributed by atoms with E-state index in [1.165, 1.54) is 5.56 Å². The molecule has 5 heteroatoms. The Morgan fingerprint density at radius 2 is 2.04 bits per heavy atom. The number of aliphatic hydroxyl groups excluding tert-OH is 1. The number of rotatable bonds is 6. The third-order valence-electron chi connectivity index (χ3n) is 4.39. The van der Waals surface area contributed by atoms with E-state index in [2.05, 4.69) is 34.5 Å². The zero-order chi connectivity index (χ0) is 16.1. The van der Waals surface area contributed by atoms with Gasteiger partial charge in [0.25, 0.3) is 0 Å². The van der Waals surface area contributed by atoms with Gasteiger partial charge in [0.05, 0.1) is 6.54 Å². The SMILES string of the molecule is OCC1CCN(Cc2cccc(NCc3ccc(Cl)o3)c2)CC1. The summed E-state index contributed by atoms with van der Waals surface area (Å²) >= 11 is 5.78. The lowest BCUT2D eigenvalue weighted by atomic mass is 9.97. The summed E-state index contributed by atoms with van der Waals surface area (Å²) in [6, 6.07) is 12.1. The highest BCUT2D eigenvalue weighted by Gasteiger charge is 2.18. The van der Waals surface area contributed by atoms with Gasteiger partial charge in [-0.1, -0.05) is 12.1 Å². The summed E-state index contributed by atoms with van der Waals surface area (Å²) in [6.45, 7) is 4.03. The number of benzene rings is 1. The molecule has 23 heavy (non-hydrogen) atoms. The van der Waals surface area contributed by atoms with Gasteiger partial charge in [0.1, 0.15) is 5.76 Å². The molecular weight excluding hydrogens is 312 g/mol. The quantitative estimate of drug-likeness (QED) is 0.844. The first-order chi connectivity index (χ1) is 11.2. The topological polar surface area (TPSA) is 48.6 Å². The third kappa shape index (κ3) is 4.74. The summed E-state index contributed by atoms with van der Waals surface area (Å²) in [5.41, 5.74) is 2.38. The molecule has 0 unspecified atom stereocenters. The minimum atomic E-state index is 0.323. The molecule has 0 amide bonds. The number of nitrogens with one attached hydrogen (secondary N) is 1. The van der Waals surface area contributed by atoms with Gasteiger partial charge in [0.2, 0.25) is 0 Å². The van der Waals surface area contributed by atoms with Crippen LogP contribution in [-0.2, 0) is 13.1 Å². The standard InChI is InChI=1S/C18H23ClN2O2/c19-18-5-4-17(23-18)11-20-16-3-1-2-15(10-16)12-21-8-6-14(13-22)7-9-21/h1-5,10,14,20,22H,6-9,11-13H2. The molecule has 2 aromatic rings. The van der Waals surface area contributed by atoms with E-state index in [0.29, 0.717) is 24.3 Å². The molecule has 0 atom stereocenters. The highest BCUT2D eigenvalue weighted by molar-refractivity contribution is 6.28. The average Bonchev–Trinajstić information content (AvgIpc) is 3.00. The first kappa shape index (κ1) is 16.4. The molecule has 124 valence electrons. The molecule has 0 saturated carbocycles. The van der Waals surface area contributed by atoms with Crippen LogP contribution in [0, 0.1) is 5.92 Å². The fourth-order valence-corrected chi connectivity index (χ4v) is 3.16. The summed E-state index contributed by atoms with van der Waals surface area (Å²) in [5.74, 6) is 1.31. The van der Waals surface area contributed by atoms with E-state index in [9.17, 15) is 5.11 Å². The Balaban J connectivity index is 1.53. The Hall–Kier alpha value is -1.49. The molecular formula is C18H23ClN2O2. The van der Waals surface area contributed by atoms with Crippen molar-refractivity contribution in [2.75, 3.05) is 25.0 Å². The van der Waals surface area contributed by atoms with Crippen LogP contribution >= 0.6 is 11.6 Å². The maximum Gasteiger partial charge on any atom is 0.193 e. The van der Waals surface area contributed by atoms with Crippen LogP contribution in [0.25, 0.3) is 0 Å². The van der Waals surface area contributed by atoms with Crippen molar-refractivity contribution in [2.45, 2.75) is 25.9 Å². The number of hydrogen-bond donors (Lipinski definition) is 2. The second kappa shape index (κ2) is 7.86. The van der Waals surface area contributed by atoms with Crippen LogP contribution < -0.4 is 5.32 Å². The highest BCUT2D eigenvalue weighted by Crippen LogP contribution is 2.20. The van der Waals surface area contributed by atoms with Gasteiger partial charge in [-0.15, -0.1) is 0 Å². The normalized spacial score (nSPS) is 16.6. The molecule has 0 radical (unpaired) electrons. The van der Waals surface area contributed by atoms with Gasteiger partial charge in [-0.05, 0) is 73.3 Å². The first-order valence-corrected chi connectivity index (χ1v) is 8.51. The van der Waals surface area contributed by atoms with E-state index >= 15 is 0 Å². The van der Waals surface area contributed by atoms with Gasteiger partial charge in [-0.3, -0.25) is 4.90 Å². The number of hydrogen-bond acceptors (Lipinski definition) is 4. The maximum atomic E-state index is 9.22. The minimum absolute atomic E-state index is 0.323. The first-order valence-electron chi connectivity index (χ1n) is 8.13. The van der Waals surface area contributed by atoms with E-state index in [1.807, 2.05) is 6.07 Å². The van der Waals surface area contributed by atoms with Crippen LogP contribution in [0.1, 0.15) is 24.2 Å². The van der Waals surface area contributed by atoms with Crippen molar-refractivity contribution in [2.24, 2.45) is 5.92 Å². The number of aliphatic hydroxyl groups is 1. The molecule has 4 nitrogen and oxygen atoms in total. The van der Waals surface area contributed by atoms with Crippen LogP contribution in [0.3, 0.4) is 0 Å². The van der Waals surface area contributed by atoms with E-state index in [0.717, 1.165) is 43.9 Å². The fourth-order valence-electron chi connectivity index (χ4n) is 3.00. The van der Waals surface area contributed by atoms with E-state index in [4.69, 9.17) is 16.0 Å². The van der Waals surface area contributed by atoms with Gasteiger partial charge < -0.3 is 14.8 Å². The van der Waals surface area contributed by atoms with Crippen LogP contribution in [0.4, 0.5) is 5.69 Å².